The van der Waals surface area contributed by atoms with Crippen LogP contribution in [0.15, 0.2) is 18.2 Å². The Bertz CT molecular complexity index is 996. The van der Waals surface area contributed by atoms with Gasteiger partial charge in [0.05, 0.1) is 16.1 Å². The fourth-order valence-corrected chi connectivity index (χ4v) is 5.53. The van der Waals surface area contributed by atoms with Crippen LogP contribution in [-0.2, 0) is 4.79 Å². The average molecular weight is 431 g/mol. The molecule has 3 aromatic rings. The van der Waals surface area contributed by atoms with E-state index in [0.717, 1.165) is 50.1 Å². The smallest absolute Gasteiger partial charge is 0.261 e. The van der Waals surface area contributed by atoms with Gasteiger partial charge in [-0.2, -0.15) is 0 Å². The molecule has 0 saturated carbocycles. The van der Waals surface area contributed by atoms with E-state index in [2.05, 4.69) is 34.4 Å². The van der Waals surface area contributed by atoms with Crippen molar-refractivity contribution in [3.05, 3.63) is 39.8 Å². The number of benzene rings is 1. The molecule has 2 amide bonds. The first-order chi connectivity index (χ1) is 13.8. The Morgan fingerprint density at radius 3 is 2.28 bits per heavy atom. The van der Waals surface area contributed by atoms with Gasteiger partial charge in [0.25, 0.3) is 5.91 Å². The summed E-state index contributed by atoms with van der Waals surface area (Å²) >= 11 is 2.94. The summed E-state index contributed by atoms with van der Waals surface area (Å²) in [6, 6.07) is 5.91. The Morgan fingerprint density at radius 2 is 1.69 bits per heavy atom. The number of thiophene rings is 1. The van der Waals surface area contributed by atoms with Crippen LogP contribution in [0, 0.1) is 20.8 Å². The first kappa shape index (κ1) is 21.3. The van der Waals surface area contributed by atoms with Crippen LogP contribution in [0.4, 0.5) is 10.8 Å². The van der Waals surface area contributed by atoms with Crippen molar-refractivity contribution < 1.29 is 9.59 Å². The highest BCUT2D eigenvalue weighted by molar-refractivity contribution is 7.29. The topological polar surface area (TPSA) is 74.3 Å². The fraction of sp³-hybridized carbons (Fsp3) is 0.381. The van der Waals surface area contributed by atoms with Crippen LogP contribution in [0.5, 0.6) is 0 Å². The van der Waals surface area contributed by atoms with Gasteiger partial charge in [0, 0.05) is 18.8 Å². The first-order valence-corrected chi connectivity index (χ1v) is 11.3. The number of anilines is 2. The molecule has 2 aromatic heterocycles. The molecule has 1 aromatic carbocycles. The highest BCUT2D eigenvalue weighted by Gasteiger charge is 2.17. The normalized spacial score (nSPS) is 10.9. The van der Waals surface area contributed by atoms with Crippen LogP contribution in [0.1, 0.15) is 40.2 Å². The van der Waals surface area contributed by atoms with Gasteiger partial charge in [-0.1, -0.05) is 29.0 Å². The zero-order valence-corrected chi connectivity index (χ0v) is 19.0. The van der Waals surface area contributed by atoms with E-state index in [0.29, 0.717) is 4.88 Å². The summed E-state index contributed by atoms with van der Waals surface area (Å²) in [5, 5.41) is 6.58. The minimum Gasteiger partial charge on any atom is -0.349 e. The zero-order valence-electron chi connectivity index (χ0n) is 17.4. The molecular formula is C21H26N4O2S2. The zero-order chi connectivity index (χ0) is 21.1. The Balaban J connectivity index is 1.62. The van der Waals surface area contributed by atoms with E-state index in [1.807, 2.05) is 39.0 Å². The molecule has 0 spiro atoms. The second kappa shape index (κ2) is 8.92. The van der Waals surface area contributed by atoms with E-state index >= 15 is 0 Å². The molecule has 0 bridgehead atoms. The molecule has 0 aliphatic rings. The summed E-state index contributed by atoms with van der Waals surface area (Å²) in [5.74, 6) is -0.495. The van der Waals surface area contributed by atoms with Gasteiger partial charge in [-0.05, 0) is 51.8 Å². The molecule has 2 heterocycles. The summed E-state index contributed by atoms with van der Waals surface area (Å²) in [7, 11) is 0. The Kier molecular flexibility index (Phi) is 6.54. The number of nitrogens with zero attached hydrogens (tertiary/aromatic N) is 2. The monoisotopic (exact) mass is 430 g/mol. The summed E-state index contributed by atoms with van der Waals surface area (Å²) in [4.78, 5) is 33.0. The molecule has 0 fully saturated rings. The number of carbonyl (C=O) groups is 2. The second-order valence-electron chi connectivity index (χ2n) is 6.95. The van der Waals surface area contributed by atoms with Crippen molar-refractivity contribution in [2.24, 2.45) is 0 Å². The van der Waals surface area contributed by atoms with Gasteiger partial charge in [0.2, 0.25) is 5.91 Å². The van der Waals surface area contributed by atoms with Crippen LogP contribution < -0.4 is 15.5 Å². The van der Waals surface area contributed by atoms with Crippen molar-refractivity contribution in [1.29, 1.82) is 0 Å². The van der Waals surface area contributed by atoms with Crippen molar-refractivity contribution in [2.45, 2.75) is 34.6 Å². The SMILES string of the molecule is CCN(CC)c1nc2sc(C(=O)NCC(=O)Nc3c(C)cc(C)cc3C)cc2s1. The average Bonchev–Trinajstić information content (AvgIpc) is 3.23. The van der Waals surface area contributed by atoms with Gasteiger partial charge in [-0.3, -0.25) is 9.59 Å². The number of aryl methyl sites for hydroxylation is 3. The predicted octanol–water partition coefficient (Wildman–Crippen LogP) is 4.50. The van der Waals surface area contributed by atoms with Crippen LogP contribution in [0.25, 0.3) is 9.53 Å². The minimum absolute atomic E-state index is 0.0741. The molecule has 8 heteroatoms. The number of carbonyl (C=O) groups excluding carboxylic acids is 2. The molecule has 29 heavy (non-hydrogen) atoms. The molecule has 0 atom stereocenters. The maximum atomic E-state index is 12.5. The first-order valence-electron chi connectivity index (χ1n) is 9.63. The van der Waals surface area contributed by atoms with Gasteiger partial charge >= 0.3 is 0 Å². The van der Waals surface area contributed by atoms with Crippen molar-refractivity contribution in [3.8, 4) is 0 Å². The molecule has 3 rings (SSSR count). The van der Waals surface area contributed by atoms with E-state index in [1.54, 1.807) is 11.3 Å². The molecule has 6 nitrogen and oxygen atoms in total. The molecule has 0 unspecified atom stereocenters. The van der Waals surface area contributed by atoms with Crippen LogP contribution in [-0.4, -0.2) is 36.4 Å². The Hall–Kier alpha value is -2.45. The summed E-state index contributed by atoms with van der Waals surface area (Å²) in [6.07, 6.45) is 0. The van der Waals surface area contributed by atoms with Crippen LogP contribution in [0.2, 0.25) is 0 Å². The minimum atomic E-state index is -0.253. The number of amides is 2. The number of hydrogen-bond acceptors (Lipinski definition) is 6. The summed E-state index contributed by atoms with van der Waals surface area (Å²) in [5.41, 5.74) is 3.98. The molecule has 0 saturated heterocycles. The molecular weight excluding hydrogens is 404 g/mol. The number of thiazole rings is 1. The van der Waals surface area contributed by atoms with E-state index in [9.17, 15) is 9.59 Å². The van der Waals surface area contributed by atoms with Gasteiger partial charge in [-0.25, -0.2) is 4.98 Å². The lowest BCUT2D eigenvalue weighted by Gasteiger charge is -2.16. The Labute approximate surface area is 179 Å². The Morgan fingerprint density at radius 1 is 1.03 bits per heavy atom. The third kappa shape index (κ3) is 4.76. The lowest BCUT2D eigenvalue weighted by molar-refractivity contribution is -0.115. The maximum absolute atomic E-state index is 12.5. The fourth-order valence-electron chi connectivity index (χ4n) is 3.27. The third-order valence-electron chi connectivity index (χ3n) is 4.69. The molecule has 0 aliphatic heterocycles. The highest BCUT2D eigenvalue weighted by Crippen LogP contribution is 2.34. The lowest BCUT2D eigenvalue weighted by Crippen LogP contribution is -2.32. The molecule has 2 N–H and O–H groups in total. The second-order valence-corrected chi connectivity index (χ2v) is 8.99. The van der Waals surface area contributed by atoms with Crippen molar-refractivity contribution >= 4 is 54.8 Å². The molecule has 154 valence electrons. The van der Waals surface area contributed by atoms with Crippen LogP contribution >= 0.6 is 22.7 Å². The standard InChI is InChI=1S/C21H26N4O2S2/c1-6-25(7-2)21-24-20-16(29-21)10-15(28-20)19(27)22-11-17(26)23-18-13(4)8-12(3)9-14(18)5/h8-10H,6-7,11H2,1-5H3,(H,22,27)(H,23,26). The van der Waals surface area contributed by atoms with Crippen molar-refractivity contribution in [1.82, 2.24) is 10.3 Å². The number of hydrogen-bond donors (Lipinski definition) is 2. The largest absolute Gasteiger partial charge is 0.349 e. The number of nitrogens with one attached hydrogen (secondary N) is 2. The quantitative estimate of drug-likeness (QED) is 0.579. The van der Waals surface area contributed by atoms with Gasteiger partial charge in [0.1, 0.15) is 4.83 Å². The number of rotatable bonds is 7. The lowest BCUT2D eigenvalue weighted by atomic mass is 10.1. The highest BCUT2D eigenvalue weighted by atomic mass is 32.1. The number of aromatic nitrogens is 1. The third-order valence-corrected chi connectivity index (χ3v) is 6.91. The van der Waals surface area contributed by atoms with Crippen molar-refractivity contribution in [2.75, 3.05) is 29.9 Å². The predicted molar refractivity (Wildman–Crippen MR) is 123 cm³/mol. The van der Waals surface area contributed by atoms with E-state index in [4.69, 9.17) is 0 Å². The van der Waals surface area contributed by atoms with E-state index in [-0.39, 0.29) is 18.4 Å². The molecule has 0 aliphatic carbocycles. The summed E-state index contributed by atoms with van der Waals surface area (Å²) < 4.78 is 0.998. The van der Waals surface area contributed by atoms with Crippen molar-refractivity contribution in [3.63, 3.8) is 0 Å². The van der Waals surface area contributed by atoms with Gasteiger partial charge in [0.15, 0.2) is 5.13 Å². The van der Waals surface area contributed by atoms with Gasteiger partial charge < -0.3 is 15.5 Å². The van der Waals surface area contributed by atoms with Crippen LogP contribution in [0.3, 0.4) is 0 Å². The number of fused-ring (bicyclic) bond motifs is 1. The van der Waals surface area contributed by atoms with E-state index < -0.39 is 0 Å². The maximum Gasteiger partial charge on any atom is 0.261 e. The van der Waals surface area contributed by atoms with E-state index in [1.165, 1.54) is 11.3 Å². The molecule has 0 radical (unpaired) electrons. The summed E-state index contributed by atoms with van der Waals surface area (Å²) in [6.45, 7) is 11.9. The van der Waals surface area contributed by atoms with Gasteiger partial charge in [-0.15, -0.1) is 11.3 Å².